The summed E-state index contributed by atoms with van der Waals surface area (Å²) in [6, 6.07) is 2.95. The van der Waals surface area contributed by atoms with Crippen LogP contribution in [-0.4, -0.2) is 55.9 Å². The van der Waals surface area contributed by atoms with Crippen molar-refractivity contribution in [3.8, 4) is 5.75 Å². The van der Waals surface area contributed by atoms with Crippen LogP contribution >= 0.6 is 0 Å². The molecule has 1 heterocycles. The minimum Gasteiger partial charge on any atom is -0.495 e. The Hall–Kier alpha value is -1.53. The number of hydrogen-bond donors (Lipinski definition) is 2. The Bertz CT molecular complexity index is 460. The van der Waals surface area contributed by atoms with Crippen LogP contribution in [0.15, 0.2) is 12.1 Å². The zero-order valence-electron chi connectivity index (χ0n) is 12.0. The molecule has 0 saturated carbocycles. The van der Waals surface area contributed by atoms with Crippen molar-refractivity contribution in [1.82, 2.24) is 4.90 Å². The van der Waals surface area contributed by atoms with Gasteiger partial charge in [0.15, 0.2) is 0 Å². The van der Waals surface area contributed by atoms with E-state index in [1.807, 2.05) is 4.90 Å². The van der Waals surface area contributed by atoms with Crippen molar-refractivity contribution < 1.29 is 14.2 Å². The molecule has 0 amide bonds. The summed E-state index contributed by atoms with van der Waals surface area (Å²) in [5.74, 6) is 0.167. The Balaban J connectivity index is 2.07. The van der Waals surface area contributed by atoms with E-state index in [1.165, 1.54) is 13.2 Å². The highest BCUT2D eigenvalue weighted by Crippen LogP contribution is 2.31. The van der Waals surface area contributed by atoms with Crippen molar-refractivity contribution in [2.75, 3.05) is 50.5 Å². The number of halogens is 1. The molecule has 112 valence electrons. The monoisotopic (exact) mass is 283 g/mol. The molecule has 0 radical (unpaired) electrons. The Kier molecular flexibility index (Phi) is 4.67. The average Bonchev–Trinajstić information content (AvgIpc) is 2.39. The summed E-state index contributed by atoms with van der Waals surface area (Å²) in [5, 5.41) is 9.38. The lowest BCUT2D eigenvalue weighted by Crippen LogP contribution is -2.48. The molecule has 1 aliphatic rings. The van der Waals surface area contributed by atoms with Gasteiger partial charge in [0.25, 0.3) is 0 Å². The third kappa shape index (κ3) is 3.32. The van der Waals surface area contributed by atoms with Crippen molar-refractivity contribution in [3.05, 3.63) is 17.9 Å². The first-order chi connectivity index (χ1) is 9.51. The van der Waals surface area contributed by atoms with Gasteiger partial charge in [-0.1, -0.05) is 0 Å². The van der Waals surface area contributed by atoms with Crippen LogP contribution in [0, 0.1) is 5.82 Å². The first kappa shape index (κ1) is 14.9. The van der Waals surface area contributed by atoms with Gasteiger partial charge in [-0.25, -0.2) is 4.39 Å². The maximum Gasteiger partial charge on any atom is 0.148 e. The number of aliphatic hydroxyl groups excluding tert-OH is 1. The third-order valence-electron chi connectivity index (χ3n) is 3.53. The highest BCUT2D eigenvalue weighted by molar-refractivity contribution is 5.63. The lowest BCUT2D eigenvalue weighted by molar-refractivity contribution is 0.122. The highest BCUT2D eigenvalue weighted by atomic mass is 19.1. The summed E-state index contributed by atoms with van der Waals surface area (Å²) in [5.41, 5.74) is 6.52. The first-order valence-electron chi connectivity index (χ1n) is 6.79. The van der Waals surface area contributed by atoms with E-state index in [-0.39, 0.29) is 11.9 Å². The van der Waals surface area contributed by atoms with Gasteiger partial charge in [-0.15, -0.1) is 0 Å². The number of hydrogen-bond acceptors (Lipinski definition) is 5. The zero-order valence-corrected chi connectivity index (χ0v) is 12.0. The second-order valence-electron chi connectivity index (χ2n) is 5.18. The molecule has 5 nitrogen and oxygen atoms in total. The van der Waals surface area contributed by atoms with Crippen LogP contribution in [0.3, 0.4) is 0 Å². The van der Waals surface area contributed by atoms with Crippen molar-refractivity contribution in [2.45, 2.75) is 13.0 Å². The summed E-state index contributed by atoms with van der Waals surface area (Å²) in [4.78, 5) is 4.16. The van der Waals surface area contributed by atoms with Crippen molar-refractivity contribution in [1.29, 1.82) is 0 Å². The summed E-state index contributed by atoms with van der Waals surface area (Å²) in [6.07, 6.45) is -0.338. The van der Waals surface area contributed by atoms with Gasteiger partial charge in [0.1, 0.15) is 11.6 Å². The smallest absolute Gasteiger partial charge is 0.148 e. The number of methoxy groups -OCH3 is 1. The van der Waals surface area contributed by atoms with Crippen LogP contribution in [0.2, 0.25) is 0 Å². The van der Waals surface area contributed by atoms with Crippen LogP contribution in [-0.2, 0) is 0 Å². The third-order valence-corrected chi connectivity index (χ3v) is 3.53. The Labute approximate surface area is 118 Å². The lowest BCUT2D eigenvalue weighted by Gasteiger charge is -2.36. The predicted octanol–water partition coefficient (Wildman–Crippen LogP) is 0.919. The molecule has 1 saturated heterocycles. The maximum absolute atomic E-state index is 14.0. The number of ether oxygens (including phenoxy) is 1. The number of nitrogens with two attached hydrogens (primary N) is 1. The fourth-order valence-electron chi connectivity index (χ4n) is 2.52. The number of β-amino-alcohol motifs (C(OH)–C–C–N with tert-alkyl or cyclic N) is 1. The predicted molar refractivity (Wildman–Crippen MR) is 77.7 cm³/mol. The Morgan fingerprint density at radius 3 is 2.55 bits per heavy atom. The van der Waals surface area contributed by atoms with Crippen molar-refractivity contribution in [3.63, 3.8) is 0 Å². The molecule has 0 bridgehead atoms. The maximum atomic E-state index is 14.0. The molecule has 3 N–H and O–H groups in total. The lowest BCUT2D eigenvalue weighted by atomic mass is 10.2. The molecule has 20 heavy (non-hydrogen) atoms. The molecular formula is C14H22FN3O2. The van der Waals surface area contributed by atoms with Gasteiger partial charge in [0.2, 0.25) is 0 Å². The summed E-state index contributed by atoms with van der Waals surface area (Å²) < 4.78 is 19.2. The summed E-state index contributed by atoms with van der Waals surface area (Å²) in [6.45, 7) is 5.47. The minimum absolute atomic E-state index is 0.307. The van der Waals surface area contributed by atoms with Crippen molar-refractivity contribution >= 4 is 11.4 Å². The quantitative estimate of drug-likeness (QED) is 0.805. The molecule has 0 unspecified atom stereocenters. The molecular weight excluding hydrogens is 261 g/mol. The topological polar surface area (TPSA) is 62.0 Å². The SMILES string of the molecule is COc1cc(N2CCN(C[C@H](C)O)CC2)c(F)cc1N. The van der Waals surface area contributed by atoms with E-state index in [4.69, 9.17) is 10.5 Å². The van der Waals surface area contributed by atoms with Crippen LogP contribution < -0.4 is 15.4 Å². The second-order valence-corrected chi connectivity index (χ2v) is 5.18. The van der Waals surface area contributed by atoms with Crippen LogP contribution in [0.5, 0.6) is 5.75 Å². The number of nitrogens with zero attached hydrogens (tertiary/aromatic N) is 2. The molecule has 1 fully saturated rings. The molecule has 0 aromatic heterocycles. The summed E-state index contributed by atoms with van der Waals surface area (Å²) in [7, 11) is 1.52. The Morgan fingerprint density at radius 2 is 2.00 bits per heavy atom. The average molecular weight is 283 g/mol. The van der Waals surface area contributed by atoms with Crippen LogP contribution in [0.4, 0.5) is 15.8 Å². The molecule has 2 rings (SSSR count). The van der Waals surface area contributed by atoms with E-state index in [2.05, 4.69) is 4.90 Å². The van der Waals surface area contributed by atoms with Gasteiger partial charge >= 0.3 is 0 Å². The number of benzene rings is 1. The van der Waals surface area contributed by atoms with E-state index >= 15 is 0 Å². The van der Waals surface area contributed by atoms with E-state index in [0.29, 0.717) is 23.7 Å². The number of rotatable bonds is 4. The van der Waals surface area contributed by atoms with Gasteiger partial charge in [-0.05, 0) is 6.92 Å². The Morgan fingerprint density at radius 1 is 1.35 bits per heavy atom. The molecule has 1 aliphatic heterocycles. The molecule has 1 aromatic carbocycles. The number of piperazine rings is 1. The minimum atomic E-state index is -0.338. The number of nitrogen functional groups attached to an aromatic ring is 1. The highest BCUT2D eigenvalue weighted by Gasteiger charge is 2.21. The molecule has 1 atom stereocenters. The fraction of sp³-hybridized carbons (Fsp3) is 0.571. The first-order valence-corrected chi connectivity index (χ1v) is 6.79. The molecule has 1 aromatic rings. The van der Waals surface area contributed by atoms with E-state index < -0.39 is 0 Å². The second kappa shape index (κ2) is 6.28. The van der Waals surface area contributed by atoms with Gasteiger partial charge in [-0.2, -0.15) is 0 Å². The van der Waals surface area contributed by atoms with Gasteiger partial charge in [-0.3, -0.25) is 4.90 Å². The standard InChI is InChI=1S/C14H22FN3O2/c1-10(19)9-17-3-5-18(6-4-17)13-8-14(20-2)12(16)7-11(13)15/h7-8,10,19H,3-6,9,16H2,1-2H3/t10-/m0/s1. The fourth-order valence-corrected chi connectivity index (χ4v) is 2.52. The zero-order chi connectivity index (χ0) is 14.7. The van der Waals surface area contributed by atoms with Gasteiger partial charge in [0.05, 0.1) is 24.6 Å². The molecule has 6 heteroatoms. The van der Waals surface area contributed by atoms with E-state index in [9.17, 15) is 9.50 Å². The number of anilines is 2. The van der Waals surface area contributed by atoms with E-state index in [1.54, 1.807) is 13.0 Å². The van der Waals surface area contributed by atoms with Crippen LogP contribution in [0.1, 0.15) is 6.92 Å². The number of aliphatic hydroxyl groups is 1. The van der Waals surface area contributed by atoms with E-state index in [0.717, 1.165) is 26.2 Å². The van der Waals surface area contributed by atoms with Crippen molar-refractivity contribution in [2.24, 2.45) is 0 Å². The molecule has 0 spiro atoms. The van der Waals surface area contributed by atoms with Gasteiger partial charge in [0, 0.05) is 44.9 Å². The summed E-state index contributed by atoms with van der Waals surface area (Å²) >= 11 is 0. The normalized spacial score (nSPS) is 18.1. The molecule has 0 aliphatic carbocycles. The largest absolute Gasteiger partial charge is 0.495 e. The van der Waals surface area contributed by atoms with Crippen LogP contribution in [0.25, 0.3) is 0 Å². The van der Waals surface area contributed by atoms with Gasteiger partial charge < -0.3 is 20.5 Å².